The lowest BCUT2D eigenvalue weighted by atomic mass is 9.85. The normalized spacial score (nSPS) is 16.5. The topological polar surface area (TPSA) is 118 Å². The smallest absolute Gasteiger partial charge is 0.251 e. The molecule has 1 saturated carbocycles. The molecule has 1 heterocycles. The number of carbonyl (C=O) groups is 2. The Balaban J connectivity index is 1.63. The van der Waals surface area contributed by atoms with Crippen LogP contribution in [0, 0.1) is 11.8 Å². The average molecular weight is 380 g/mol. The lowest BCUT2D eigenvalue weighted by molar-refractivity contribution is -0.308. The van der Waals surface area contributed by atoms with Crippen molar-refractivity contribution in [2.24, 2.45) is 0 Å². The van der Waals surface area contributed by atoms with Gasteiger partial charge in [-0.25, -0.2) is 4.98 Å². The highest BCUT2D eigenvalue weighted by atomic mass is 16.4. The number of aliphatic hydroxyl groups is 1. The Bertz CT molecular complexity index is 873. The van der Waals surface area contributed by atoms with Crippen molar-refractivity contribution in [3.63, 3.8) is 0 Å². The third-order valence-electron chi connectivity index (χ3n) is 4.84. The number of benzene rings is 1. The average Bonchev–Trinajstić information content (AvgIpc) is 3.20. The molecule has 1 aliphatic rings. The van der Waals surface area contributed by atoms with Gasteiger partial charge in [0.05, 0.1) is 18.3 Å². The summed E-state index contributed by atoms with van der Waals surface area (Å²) in [4.78, 5) is 30.3. The van der Waals surface area contributed by atoms with Crippen molar-refractivity contribution < 1.29 is 19.8 Å². The van der Waals surface area contributed by atoms with Crippen molar-refractivity contribution in [2.45, 2.75) is 50.2 Å². The van der Waals surface area contributed by atoms with Crippen LogP contribution in [0.1, 0.15) is 53.7 Å². The van der Waals surface area contributed by atoms with Crippen molar-refractivity contribution in [1.29, 1.82) is 0 Å². The molecule has 7 heteroatoms. The van der Waals surface area contributed by atoms with E-state index in [1.165, 1.54) is 12.5 Å². The standard InChI is InChI=1S/C21H23N3O4/c25-19(24-18(20(26)27)12-17-13-22-14-23-17)16-6-4-15(5-7-16)8-11-21(28)9-2-1-3-10-21/h4-7,13-14,18,28H,1-3,9-10,12H2,(H,22,23)(H,24,25)(H,26,27)/p-1/t18-/m0/s1. The minimum absolute atomic E-state index is 0.0518. The van der Waals surface area contributed by atoms with Gasteiger partial charge in [0.25, 0.3) is 5.91 Å². The number of hydrogen-bond acceptors (Lipinski definition) is 5. The number of hydrogen-bond donors (Lipinski definition) is 3. The van der Waals surface area contributed by atoms with Crippen LogP contribution in [0.15, 0.2) is 36.8 Å². The molecule has 1 amide bonds. The van der Waals surface area contributed by atoms with Gasteiger partial charge in [0.15, 0.2) is 0 Å². The summed E-state index contributed by atoms with van der Waals surface area (Å²) < 4.78 is 0. The molecule has 0 saturated heterocycles. The predicted molar refractivity (Wildman–Crippen MR) is 99.9 cm³/mol. The maximum Gasteiger partial charge on any atom is 0.251 e. The maximum atomic E-state index is 12.4. The number of H-pyrrole nitrogens is 1. The Labute approximate surface area is 163 Å². The van der Waals surface area contributed by atoms with Gasteiger partial charge in [0.1, 0.15) is 5.60 Å². The summed E-state index contributed by atoms with van der Waals surface area (Å²) in [6.07, 6.45) is 7.42. The fourth-order valence-corrected chi connectivity index (χ4v) is 3.21. The molecule has 0 unspecified atom stereocenters. The molecule has 1 atom stereocenters. The number of nitrogens with zero attached hydrogens (tertiary/aromatic N) is 1. The Morgan fingerprint density at radius 1 is 1.25 bits per heavy atom. The van der Waals surface area contributed by atoms with E-state index < -0.39 is 23.5 Å². The highest BCUT2D eigenvalue weighted by Gasteiger charge is 2.26. The lowest BCUT2D eigenvalue weighted by Crippen LogP contribution is -2.49. The summed E-state index contributed by atoms with van der Waals surface area (Å²) in [5.41, 5.74) is 0.658. The van der Waals surface area contributed by atoms with E-state index in [-0.39, 0.29) is 6.42 Å². The summed E-state index contributed by atoms with van der Waals surface area (Å²) in [6.45, 7) is 0. The molecule has 2 aromatic rings. The molecule has 7 nitrogen and oxygen atoms in total. The van der Waals surface area contributed by atoms with Gasteiger partial charge < -0.3 is 25.3 Å². The largest absolute Gasteiger partial charge is 0.548 e. The highest BCUT2D eigenvalue weighted by Crippen LogP contribution is 2.27. The minimum atomic E-state index is -1.37. The number of carboxylic acids is 1. The molecule has 1 fully saturated rings. The molecule has 28 heavy (non-hydrogen) atoms. The van der Waals surface area contributed by atoms with Gasteiger partial charge >= 0.3 is 0 Å². The SMILES string of the molecule is O=C(N[C@@H](Cc1cnc[nH]1)C(=O)[O-])c1ccc(C#CC2(O)CCCCC2)cc1. The van der Waals surface area contributed by atoms with Gasteiger partial charge in [-0.1, -0.05) is 18.3 Å². The van der Waals surface area contributed by atoms with Crippen LogP contribution in [-0.2, 0) is 11.2 Å². The number of nitrogens with one attached hydrogen (secondary N) is 2. The fraction of sp³-hybridized carbons (Fsp3) is 0.381. The van der Waals surface area contributed by atoms with Crippen LogP contribution in [0.4, 0.5) is 0 Å². The molecule has 3 N–H and O–H groups in total. The molecule has 0 radical (unpaired) electrons. The third kappa shape index (κ3) is 5.21. The van der Waals surface area contributed by atoms with Gasteiger partial charge in [0, 0.05) is 29.4 Å². The van der Waals surface area contributed by atoms with E-state index in [0.717, 1.165) is 19.3 Å². The second-order valence-electron chi connectivity index (χ2n) is 7.05. The zero-order valence-electron chi connectivity index (χ0n) is 15.4. The number of aliphatic carboxylic acids is 1. The van der Waals surface area contributed by atoms with E-state index in [0.29, 0.717) is 29.7 Å². The second-order valence-corrected chi connectivity index (χ2v) is 7.05. The Kier molecular flexibility index (Phi) is 6.12. The van der Waals surface area contributed by atoms with Crippen molar-refractivity contribution in [2.75, 3.05) is 0 Å². The molecule has 0 spiro atoms. The van der Waals surface area contributed by atoms with Crippen LogP contribution in [0.25, 0.3) is 0 Å². The van der Waals surface area contributed by atoms with E-state index >= 15 is 0 Å². The first kappa shape index (κ1) is 19.6. The molecule has 1 aromatic carbocycles. The first-order valence-electron chi connectivity index (χ1n) is 9.30. The van der Waals surface area contributed by atoms with E-state index in [1.54, 1.807) is 24.3 Å². The number of amides is 1. The summed E-state index contributed by atoms with van der Waals surface area (Å²) in [5.74, 6) is 4.02. The van der Waals surface area contributed by atoms with Crippen LogP contribution in [-0.4, -0.2) is 38.6 Å². The van der Waals surface area contributed by atoms with Gasteiger partial charge in [-0.2, -0.15) is 0 Å². The Morgan fingerprint density at radius 3 is 2.57 bits per heavy atom. The molecular formula is C21H22N3O4-. The molecule has 3 rings (SSSR count). The van der Waals surface area contributed by atoms with Crippen LogP contribution < -0.4 is 10.4 Å². The first-order chi connectivity index (χ1) is 13.5. The van der Waals surface area contributed by atoms with Crippen molar-refractivity contribution >= 4 is 11.9 Å². The molecular weight excluding hydrogens is 358 g/mol. The lowest BCUT2D eigenvalue weighted by Gasteiger charge is -2.26. The zero-order valence-corrected chi connectivity index (χ0v) is 15.4. The molecule has 146 valence electrons. The molecule has 0 bridgehead atoms. The first-order valence-corrected chi connectivity index (χ1v) is 9.30. The maximum absolute atomic E-state index is 12.4. The number of aromatic amines is 1. The summed E-state index contributed by atoms with van der Waals surface area (Å²) >= 11 is 0. The monoisotopic (exact) mass is 380 g/mol. The van der Waals surface area contributed by atoms with Gasteiger partial charge in [-0.05, 0) is 49.9 Å². The second kappa shape index (κ2) is 8.72. The third-order valence-corrected chi connectivity index (χ3v) is 4.84. The van der Waals surface area contributed by atoms with Crippen LogP contribution in [0.2, 0.25) is 0 Å². The number of aromatic nitrogens is 2. The van der Waals surface area contributed by atoms with Crippen molar-refractivity contribution in [3.8, 4) is 11.8 Å². The van der Waals surface area contributed by atoms with Crippen LogP contribution in [0.5, 0.6) is 0 Å². The number of rotatable bonds is 5. The van der Waals surface area contributed by atoms with E-state index in [1.807, 2.05) is 0 Å². The number of carboxylic acid groups (broad SMARTS) is 1. The van der Waals surface area contributed by atoms with Crippen LogP contribution in [0.3, 0.4) is 0 Å². The summed E-state index contributed by atoms with van der Waals surface area (Å²) in [6, 6.07) is 5.33. The van der Waals surface area contributed by atoms with Crippen molar-refractivity contribution in [3.05, 3.63) is 53.6 Å². The minimum Gasteiger partial charge on any atom is -0.548 e. The van der Waals surface area contributed by atoms with Gasteiger partial charge in [-0.15, -0.1) is 0 Å². The highest BCUT2D eigenvalue weighted by molar-refractivity contribution is 5.96. The molecule has 1 aromatic heterocycles. The quantitative estimate of drug-likeness (QED) is 0.655. The van der Waals surface area contributed by atoms with E-state index in [2.05, 4.69) is 27.1 Å². The number of carbonyl (C=O) groups excluding carboxylic acids is 2. The van der Waals surface area contributed by atoms with E-state index in [9.17, 15) is 19.8 Å². The molecule has 0 aliphatic heterocycles. The van der Waals surface area contributed by atoms with Crippen LogP contribution >= 0.6 is 0 Å². The summed E-state index contributed by atoms with van der Waals surface area (Å²) in [7, 11) is 0. The zero-order chi connectivity index (χ0) is 20.0. The van der Waals surface area contributed by atoms with Crippen molar-refractivity contribution in [1.82, 2.24) is 15.3 Å². The number of imidazole rings is 1. The van der Waals surface area contributed by atoms with Gasteiger partial charge in [-0.3, -0.25) is 4.79 Å². The summed E-state index contributed by atoms with van der Waals surface area (Å²) in [5, 5.41) is 24.2. The van der Waals surface area contributed by atoms with Gasteiger partial charge in [0.2, 0.25) is 0 Å². The Hall–Kier alpha value is -3.11. The Morgan fingerprint density at radius 2 is 1.96 bits per heavy atom. The predicted octanol–water partition coefficient (Wildman–Crippen LogP) is 0.547. The van der Waals surface area contributed by atoms with E-state index in [4.69, 9.17) is 0 Å². The fourth-order valence-electron chi connectivity index (χ4n) is 3.21. The molecule has 1 aliphatic carbocycles.